The average Bonchev–Trinajstić information content (AvgIpc) is 2.75. The smallest absolute Gasteiger partial charge is 0.312 e. The van der Waals surface area contributed by atoms with Crippen molar-refractivity contribution in [3.8, 4) is 0 Å². The fourth-order valence-electron chi connectivity index (χ4n) is 3.32. The molecule has 2 amide bonds. The van der Waals surface area contributed by atoms with Gasteiger partial charge in [-0.15, -0.1) is 0 Å². The van der Waals surface area contributed by atoms with E-state index in [-0.39, 0.29) is 11.8 Å². The van der Waals surface area contributed by atoms with Crippen molar-refractivity contribution < 1.29 is 19.1 Å². The number of methoxy groups -OCH3 is 1. The summed E-state index contributed by atoms with van der Waals surface area (Å²) in [6, 6.07) is 16.6. The first kappa shape index (κ1) is 22.1. The van der Waals surface area contributed by atoms with Gasteiger partial charge in [0, 0.05) is 23.2 Å². The average molecular weight is 396 g/mol. The van der Waals surface area contributed by atoms with Gasteiger partial charge in [-0.05, 0) is 37.6 Å². The summed E-state index contributed by atoms with van der Waals surface area (Å²) in [7, 11) is 1.31. The fraction of sp³-hybridized carbons (Fsp3) is 0.348. The molecule has 6 heteroatoms. The molecule has 2 aromatic carbocycles. The number of hydrogen-bond donors (Lipinski definition) is 2. The molecule has 0 radical (unpaired) electrons. The number of rotatable bonds is 9. The Balaban J connectivity index is 2.20. The van der Waals surface area contributed by atoms with Crippen LogP contribution in [-0.2, 0) is 9.53 Å². The third-order valence-corrected chi connectivity index (χ3v) is 4.79. The summed E-state index contributed by atoms with van der Waals surface area (Å²) in [5, 5.41) is 5.82. The molecule has 0 aliphatic heterocycles. The van der Waals surface area contributed by atoms with Crippen LogP contribution in [0.1, 0.15) is 47.4 Å². The summed E-state index contributed by atoms with van der Waals surface area (Å²) in [5.41, 5.74) is 1.02. The summed E-state index contributed by atoms with van der Waals surface area (Å²) < 4.78 is 4.99. The molecular weight excluding hydrogens is 368 g/mol. The Labute approximate surface area is 171 Å². The van der Waals surface area contributed by atoms with Crippen molar-refractivity contribution in [3.05, 3.63) is 71.8 Å². The van der Waals surface area contributed by atoms with Gasteiger partial charge >= 0.3 is 5.97 Å². The van der Waals surface area contributed by atoms with Gasteiger partial charge in [-0.25, -0.2) is 0 Å². The van der Waals surface area contributed by atoms with E-state index in [1.165, 1.54) is 7.11 Å². The van der Waals surface area contributed by atoms with E-state index in [1.54, 1.807) is 55.5 Å². The van der Waals surface area contributed by atoms with Crippen LogP contribution in [0.25, 0.3) is 0 Å². The molecule has 6 nitrogen and oxygen atoms in total. The van der Waals surface area contributed by atoms with Gasteiger partial charge in [0.25, 0.3) is 11.8 Å². The molecule has 2 aromatic rings. The van der Waals surface area contributed by atoms with Crippen molar-refractivity contribution in [1.82, 2.24) is 10.6 Å². The number of ether oxygens (including phenoxy) is 1. The molecule has 2 rings (SSSR count). The van der Waals surface area contributed by atoms with E-state index >= 15 is 0 Å². The monoisotopic (exact) mass is 396 g/mol. The van der Waals surface area contributed by atoms with Crippen LogP contribution >= 0.6 is 0 Å². The van der Waals surface area contributed by atoms with Crippen molar-refractivity contribution in [1.29, 1.82) is 0 Å². The minimum absolute atomic E-state index is 0.264. The van der Waals surface area contributed by atoms with E-state index in [4.69, 9.17) is 4.74 Å². The van der Waals surface area contributed by atoms with Crippen LogP contribution < -0.4 is 10.6 Å². The highest BCUT2D eigenvalue weighted by atomic mass is 16.5. The summed E-state index contributed by atoms with van der Waals surface area (Å²) in [6.45, 7) is 3.73. The number of amides is 2. The lowest BCUT2D eigenvalue weighted by molar-refractivity contribution is -0.147. The Kier molecular flexibility index (Phi) is 8.40. The molecule has 0 aliphatic carbocycles. The highest BCUT2D eigenvalue weighted by molar-refractivity contribution is 5.95. The molecule has 3 atom stereocenters. The minimum Gasteiger partial charge on any atom is -0.469 e. The van der Waals surface area contributed by atoms with Gasteiger partial charge < -0.3 is 15.4 Å². The largest absolute Gasteiger partial charge is 0.469 e. The Hall–Kier alpha value is -3.15. The number of esters is 1. The zero-order chi connectivity index (χ0) is 21.2. The zero-order valence-electron chi connectivity index (χ0n) is 17.1. The SMILES string of the molecule is CCC[C@H](NC(=O)c1ccccc1)[C@H](C(=O)OC)[C@@H](C)NC(=O)c1ccccc1. The normalized spacial score (nSPS) is 13.6. The van der Waals surface area contributed by atoms with Gasteiger partial charge in [0.2, 0.25) is 0 Å². The minimum atomic E-state index is -0.722. The predicted octanol–water partition coefficient (Wildman–Crippen LogP) is 3.19. The van der Waals surface area contributed by atoms with Crippen LogP contribution in [-0.4, -0.2) is 37.0 Å². The molecule has 154 valence electrons. The van der Waals surface area contributed by atoms with Crippen molar-refractivity contribution in [2.24, 2.45) is 5.92 Å². The number of nitrogens with one attached hydrogen (secondary N) is 2. The maximum absolute atomic E-state index is 12.7. The van der Waals surface area contributed by atoms with E-state index < -0.39 is 24.0 Å². The molecule has 0 aliphatic rings. The van der Waals surface area contributed by atoms with Crippen molar-refractivity contribution in [2.45, 2.75) is 38.8 Å². The topological polar surface area (TPSA) is 84.5 Å². The van der Waals surface area contributed by atoms with E-state index in [2.05, 4.69) is 10.6 Å². The second-order valence-electron chi connectivity index (χ2n) is 6.91. The lowest BCUT2D eigenvalue weighted by Gasteiger charge is -2.31. The van der Waals surface area contributed by atoms with Gasteiger partial charge in [-0.3, -0.25) is 14.4 Å². The highest BCUT2D eigenvalue weighted by Crippen LogP contribution is 2.18. The Morgan fingerprint density at radius 2 is 1.34 bits per heavy atom. The maximum atomic E-state index is 12.7. The molecule has 0 saturated heterocycles. The second kappa shape index (κ2) is 11.0. The molecule has 29 heavy (non-hydrogen) atoms. The Morgan fingerprint density at radius 1 is 0.862 bits per heavy atom. The van der Waals surface area contributed by atoms with Crippen LogP contribution in [0.5, 0.6) is 0 Å². The molecule has 0 saturated carbocycles. The van der Waals surface area contributed by atoms with Gasteiger partial charge in [-0.1, -0.05) is 49.7 Å². The summed E-state index contributed by atoms with van der Waals surface area (Å²) >= 11 is 0. The summed E-state index contributed by atoms with van der Waals surface area (Å²) in [6.07, 6.45) is 1.33. The van der Waals surface area contributed by atoms with Crippen LogP contribution in [0, 0.1) is 5.92 Å². The molecular formula is C23H28N2O4. The third-order valence-electron chi connectivity index (χ3n) is 4.79. The molecule has 0 aromatic heterocycles. The van der Waals surface area contributed by atoms with Gasteiger partial charge in [0.1, 0.15) is 0 Å². The molecule has 2 N–H and O–H groups in total. The van der Waals surface area contributed by atoms with Gasteiger partial charge in [-0.2, -0.15) is 0 Å². The maximum Gasteiger partial charge on any atom is 0.312 e. The number of carbonyl (C=O) groups excluding carboxylic acids is 3. The molecule has 0 unspecified atom stereocenters. The molecule has 0 spiro atoms. The standard InChI is InChI=1S/C23H28N2O4/c1-4-11-19(25-22(27)18-14-9-6-10-15-18)20(23(28)29-3)16(2)24-21(26)17-12-7-5-8-13-17/h5-10,12-16,19-20H,4,11H2,1-3H3,(H,24,26)(H,25,27)/t16-,19+,20-/m1/s1. The fourth-order valence-corrected chi connectivity index (χ4v) is 3.32. The number of benzene rings is 2. The van der Waals surface area contributed by atoms with Crippen LogP contribution in [0.15, 0.2) is 60.7 Å². The van der Waals surface area contributed by atoms with Crippen LogP contribution in [0.4, 0.5) is 0 Å². The summed E-state index contributed by atoms with van der Waals surface area (Å²) in [5.74, 6) is -1.74. The Bertz CT molecular complexity index is 808. The lowest BCUT2D eigenvalue weighted by atomic mass is 9.89. The van der Waals surface area contributed by atoms with Crippen LogP contribution in [0.3, 0.4) is 0 Å². The first-order valence-corrected chi connectivity index (χ1v) is 9.77. The van der Waals surface area contributed by atoms with E-state index in [0.717, 1.165) is 6.42 Å². The number of hydrogen-bond acceptors (Lipinski definition) is 4. The molecule has 0 heterocycles. The van der Waals surface area contributed by atoms with Crippen molar-refractivity contribution in [2.75, 3.05) is 7.11 Å². The van der Waals surface area contributed by atoms with E-state index in [1.807, 2.05) is 19.1 Å². The highest BCUT2D eigenvalue weighted by Gasteiger charge is 2.35. The molecule has 0 bridgehead atoms. The predicted molar refractivity (Wildman–Crippen MR) is 111 cm³/mol. The zero-order valence-corrected chi connectivity index (χ0v) is 17.1. The second-order valence-corrected chi connectivity index (χ2v) is 6.91. The van der Waals surface area contributed by atoms with Crippen LogP contribution in [0.2, 0.25) is 0 Å². The summed E-state index contributed by atoms with van der Waals surface area (Å²) in [4.78, 5) is 37.8. The molecule has 0 fully saturated rings. The lowest BCUT2D eigenvalue weighted by Crippen LogP contribution is -2.52. The first-order chi connectivity index (χ1) is 14.0. The third kappa shape index (κ3) is 6.17. The van der Waals surface area contributed by atoms with Crippen molar-refractivity contribution >= 4 is 17.8 Å². The Morgan fingerprint density at radius 3 is 1.79 bits per heavy atom. The van der Waals surface area contributed by atoms with Gasteiger partial charge in [0.05, 0.1) is 13.0 Å². The van der Waals surface area contributed by atoms with Crippen molar-refractivity contribution in [3.63, 3.8) is 0 Å². The number of carbonyl (C=O) groups is 3. The first-order valence-electron chi connectivity index (χ1n) is 9.77. The van der Waals surface area contributed by atoms with E-state index in [9.17, 15) is 14.4 Å². The quantitative estimate of drug-likeness (QED) is 0.638. The van der Waals surface area contributed by atoms with E-state index in [0.29, 0.717) is 17.5 Å². The van der Waals surface area contributed by atoms with Gasteiger partial charge in [0.15, 0.2) is 0 Å².